The van der Waals surface area contributed by atoms with Crippen LogP contribution in [0.25, 0.3) is 0 Å². The Morgan fingerprint density at radius 3 is 0.741 bits per heavy atom. The second-order valence-corrected chi connectivity index (χ2v) is 17.8. The molecule has 0 aromatic rings. The van der Waals surface area contributed by atoms with Gasteiger partial charge in [-0.2, -0.15) is 0 Å². The van der Waals surface area contributed by atoms with Gasteiger partial charge < -0.3 is 5.11 Å². The van der Waals surface area contributed by atoms with Crippen molar-refractivity contribution in [3.63, 3.8) is 0 Å². The van der Waals surface area contributed by atoms with Crippen LogP contribution in [0.3, 0.4) is 0 Å². The molecule has 322 valence electrons. The summed E-state index contributed by atoms with van der Waals surface area (Å²) in [6, 6.07) is 0. The van der Waals surface area contributed by atoms with Crippen molar-refractivity contribution in [3.8, 4) is 0 Å². The molecular weight excluding hydrogens is 657 g/mol. The molecule has 0 rings (SSSR count). The number of rotatable bonds is 46. The predicted octanol–water partition coefficient (Wildman–Crippen LogP) is 19.2. The third-order valence-electron chi connectivity index (χ3n) is 12.5. The number of hydrogen-bond donors (Lipinski definition) is 1. The molecule has 54 heavy (non-hydrogen) atoms. The molecule has 0 atom stereocenters. The van der Waals surface area contributed by atoms with Crippen molar-refractivity contribution in [2.75, 3.05) is 0 Å². The van der Waals surface area contributed by atoms with E-state index in [1.807, 2.05) is 0 Å². The number of carbonyl (C=O) groups is 1. The fourth-order valence-electron chi connectivity index (χ4n) is 8.85. The van der Waals surface area contributed by atoms with Crippen LogP contribution in [0.15, 0.2) is 11.1 Å². The zero-order valence-corrected chi connectivity index (χ0v) is 38.0. The summed E-state index contributed by atoms with van der Waals surface area (Å²) in [7, 11) is 0. The zero-order chi connectivity index (χ0) is 39.4. The van der Waals surface area contributed by atoms with E-state index in [1.54, 1.807) is 0 Å². The third-order valence-corrected chi connectivity index (χ3v) is 12.5. The Morgan fingerprint density at radius 1 is 0.315 bits per heavy atom. The predicted molar refractivity (Wildman–Crippen MR) is 244 cm³/mol. The maximum absolute atomic E-state index is 13.3. The molecule has 0 saturated carbocycles. The minimum atomic E-state index is -0.576. The molecule has 0 aliphatic rings. The second-order valence-electron chi connectivity index (χ2n) is 17.8. The van der Waals surface area contributed by atoms with Gasteiger partial charge in [0.25, 0.3) is 0 Å². The molecule has 0 saturated heterocycles. The van der Waals surface area contributed by atoms with Crippen molar-refractivity contribution in [2.45, 2.75) is 310 Å². The summed E-state index contributed by atoms with van der Waals surface area (Å²) >= 11 is 0. The molecule has 0 aromatic carbocycles. The number of carboxylic acid groups (broad SMARTS) is 1. The van der Waals surface area contributed by atoms with Crippen molar-refractivity contribution in [3.05, 3.63) is 11.1 Å². The van der Waals surface area contributed by atoms with Gasteiger partial charge in [0.2, 0.25) is 0 Å². The van der Waals surface area contributed by atoms with Crippen LogP contribution in [-0.2, 0) is 4.79 Å². The maximum atomic E-state index is 13.3. The Labute approximate surface area is 342 Å². The van der Waals surface area contributed by atoms with Gasteiger partial charge in [0.15, 0.2) is 0 Å². The van der Waals surface area contributed by atoms with Crippen molar-refractivity contribution in [1.29, 1.82) is 0 Å². The van der Waals surface area contributed by atoms with Crippen LogP contribution >= 0.6 is 0 Å². The summed E-state index contributed by atoms with van der Waals surface area (Å²) < 4.78 is 0. The summed E-state index contributed by atoms with van der Waals surface area (Å²) in [4.78, 5) is 13.3. The van der Waals surface area contributed by atoms with Crippen LogP contribution in [0.4, 0.5) is 0 Å². The standard InChI is InChI=1S/C52H102O2/c1-5-9-13-17-21-25-29-33-37-41-45-49(46-42-38-34-30-26-22-18-14-10-6-2)51(52(53)54)50(47-43-39-35-31-27-23-19-15-11-7-3)48-44-40-36-32-28-24-20-16-12-8-4/h49H,5-48H2,1-4H3,(H,53,54). The van der Waals surface area contributed by atoms with Crippen LogP contribution in [0.5, 0.6) is 0 Å². The Balaban J connectivity index is 5.37. The van der Waals surface area contributed by atoms with Crippen LogP contribution in [0, 0.1) is 5.92 Å². The van der Waals surface area contributed by atoms with E-state index < -0.39 is 5.97 Å². The molecule has 0 heterocycles. The largest absolute Gasteiger partial charge is 0.478 e. The van der Waals surface area contributed by atoms with Gasteiger partial charge in [-0.1, -0.05) is 277 Å². The van der Waals surface area contributed by atoms with E-state index >= 15 is 0 Å². The summed E-state index contributed by atoms with van der Waals surface area (Å²) in [5, 5.41) is 10.9. The van der Waals surface area contributed by atoms with E-state index in [-0.39, 0.29) is 5.92 Å². The molecule has 0 amide bonds. The Morgan fingerprint density at radius 2 is 0.519 bits per heavy atom. The Hall–Kier alpha value is -0.790. The molecule has 2 heteroatoms. The highest BCUT2D eigenvalue weighted by Gasteiger charge is 2.24. The average Bonchev–Trinajstić information content (AvgIpc) is 3.17. The van der Waals surface area contributed by atoms with Crippen LogP contribution in [0.2, 0.25) is 0 Å². The van der Waals surface area contributed by atoms with E-state index in [9.17, 15) is 9.90 Å². The fourth-order valence-corrected chi connectivity index (χ4v) is 8.85. The molecule has 0 unspecified atom stereocenters. The summed E-state index contributed by atoms with van der Waals surface area (Å²) in [6.45, 7) is 9.20. The molecule has 0 spiro atoms. The highest BCUT2D eigenvalue weighted by molar-refractivity contribution is 5.88. The minimum absolute atomic E-state index is 0.256. The fraction of sp³-hybridized carbons (Fsp3) is 0.942. The smallest absolute Gasteiger partial charge is 0.331 e. The average molecular weight is 759 g/mol. The molecule has 0 fully saturated rings. The van der Waals surface area contributed by atoms with Crippen molar-refractivity contribution < 1.29 is 9.90 Å². The Bertz CT molecular complexity index is 718. The quantitative estimate of drug-likeness (QED) is 0.0496. The number of allylic oxidation sites excluding steroid dienone is 1. The highest BCUT2D eigenvalue weighted by atomic mass is 16.4. The lowest BCUT2D eigenvalue weighted by Gasteiger charge is -2.23. The van der Waals surface area contributed by atoms with E-state index in [4.69, 9.17) is 0 Å². The first-order chi connectivity index (χ1) is 26.6. The molecule has 0 bridgehead atoms. The van der Waals surface area contributed by atoms with Gasteiger partial charge in [0.05, 0.1) is 0 Å². The first-order valence-corrected chi connectivity index (χ1v) is 25.6. The monoisotopic (exact) mass is 759 g/mol. The van der Waals surface area contributed by atoms with E-state index in [2.05, 4.69) is 27.7 Å². The molecular formula is C52H102O2. The number of carboxylic acids is 1. The molecule has 0 aromatic heterocycles. The second kappa shape index (κ2) is 44.9. The molecule has 0 radical (unpaired) electrons. The van der Waals surface area contributed by atoms with Gasteiger partial charge in [-0.05, 0) is 44.4 Å². The maximum Gasteiger partial charge on any atom is 0.331 e. The van der Waals surface area contributed by atoms with Gasteiger partial charge >= 0.3 is 5.97 Å². The van der Waals surface area contributed by atoms with Gasteiger partial charge in [0.1, 0.15) is 0 Å². The molecule has 0 aliphatic heterocycles. The number of unbranched alkanes of at least 4 members (excludes halogenated alkanes) is 36. The summed E-state index contributed by atoms with van der Waals surface area (Å²) in [5.74, 6) is -0.319. The summed E-state index contributed by atoms with van der Waals surface area (Å²) in [5.41, 5.74) is 2.24. The third kappa shape index (κ3) is 36.8. The molecule has 1 N–H and O–H groups in total. The van der Waals surface area contributed by atoms with Crippen LogP contribution in [-0.4, -0.2) is 11.1 Å². The SMILES string of the molecule is CCCCCCCCCCCCC(CCCCCCCCCCCC)=C(C(=O)O)C(CCCCCCCCCCCC)CCCCCCCCCCCC. The van der Waals surface area contributed by atoms with E-state index in [0.29, 0.717) is 0 Å². The first kappa shape index (κ1) is 53.2. The van der Waals surface area contributed by atoms with Gasteiger partial charge in [-0.3, -0.25) is 0 Å². The minimum Gasteiger partial charge on any atom is -0.478 e. The zero-order valence-electron chi connectivity index (χ0n) is 38.0. The first-order valence-electron chi connectivity index (χ1n) is 25.6. The lowest BCUT2D eigenvalue weighted by Crippen LogP contribution is -2.16. The van der Waals surface area contributed by atoms with Crippen LogP contribution < -0.4 is 0 Å². The van der Waals surface area contributed by atoms with Gasteiger partial charge in [0, 0.05) is 5.57 Å². The van der Waals surface area contributed by atoms with Crippen molar-refractivity contribution in [1.82, 2.24) is 0 Å². The molecule has 0 aliphatic carbocycles. The number of aliphatic carboxylic acids is 1. The summed E-state index contributed by atoms with van der Waals surface area (Å²) in [6.07, 6.45) is 58.1. The lowest BCUT2D eigenvalue weighted by molar-refractivity contribution is -0.133. The highest BCUT2D eigenvalue weighted by Crippen LogP contribution is 2.33. The van der Waals surface area contributed by atoms with Crippen LogP contribution in [0.1, 0.15) is 310 Å². The number of hydrogen-bond acceptors (Lipinski definition) is 1. The molecule has 2 nitrogen and oxygen atoms in total. The van der Waals surface area contributed by atoms with Crippen molar-refractivity contribution >= 4 is 5.97 Å². The van der Waals surface area contributed by atoms with E-state index in [0.717, 1.165) is 31.3 Å². The van der Waals surface area contributed by atoms with Gasteiger partial charge in [-0.15, -0.1) is 0 Å². The Kier molecular flexibility index (Phi) is 44.3. The van der Waals surface area contributed by atoms with Gasteiger partial charge in [-0.25, -0.2) is 4.79 Å². The topological polar surface area (TPSA) is 37.3 Å². The van der Waals surface area contributed by atoms with Crippen molar-refractivity contribution in [2.24, 2.45) is 5.92 Å². The normalized spacial score (nSPS) is 11.6. The van der Waals surface area contributed by atoms with E-state index in [1.165, 1.54) is 262 Å². The lowest BCUT2D eigenvalue weighted by atomic mass is 9.82.